The van der Waals surface area contributed by atoms with Crippen LogP contribution in [0.2, 0.25) is 0 Å². The summed E-state index contributed by atoms with van der Waals surface area (Å²) in [5, 5.41) is 4.57. The number of hydrogen-bond acceptors (Lipinski definition) is 6. The molecule has 0 saturated heterocycles. The monoisotopic (exact) mass is 331 g/mol. The van der Waals surface area contributed by atoms with E-state index in [-0.39, 0.29) is 0 Å². The maximum absolute atomic E-state index is 5.07. The van der Waals surface area contributed by atoms with Crippen molar-refractivity contribution in [1.29, 1.82) is 0 Å². The highest BCUT2D eigenvalue weighted by molar-refractivity contribution is 7.98. The van der Waals surface area contributed by atoms with Gasteiger partial charge in [-0.1, -0.05) is 13.8 Å². The van der Waals surface area contributed by atoms with E-state index in [0.29, 0.717) is 6.04 Å². The second-order valence-corrected chi connectivity index (χ2v) is 6.99. The first-order valence-electron chi connectivity index (χ1n) is 7.57. The highest BCUT2D eigenvalue weighted by Crippen LogP contribution is 2.28. The van der Waals surface area contributed by atoms with Gasteiger partial charge in [0.1, 0.15) is 0 Å². The van der Waals surface area contributed by atoms with E-state index in [9.17, 15) is 0 Å². The second kappa shape index (κ2) is 10.4. The summed E-state index contributed by atoms with van der Waals surface area (Å²) in [7, 11) is 3.90. The van der Waals surface area contributed by atoms with Crippen molar-refractivity contribution in [1.82, 2.24) is 10.3 Å². The summed E-state index contributed by atoms with van der Waals surface area (Å²) >= 11 is 3.72. The number of hydrogen-bond donors (Lipinski definition) is 1. The lowest BCUT2D eigenvalue weighted by atomic mass is 10.2. The molecule has 0 aromatic carbocycles. The molecule has 1 heterocycles. The van der Waals surface area contributed by atoms with Crippen molar-refractivity contribution in [2.45, 2.75) is 39.3 Å². The fourth-order valence-electron chi connectivity index (χ4n) is 2.16. The summed E-state index contributed by atoms with van der Waals surface area (Å²) in [6.45, 7) is 6.94. The van der Waals surface area contributed by atoms with Gasteiger partial charge in [-0.15, -0.1) is 11.3 Å². The number of aromatic nitrogens is 1. The van der Waals surface area contributed by atoms with Crippen LogP contribution in [-0.2, 0) is 17.7 Å². The fraction of sp³-hybridized carbons (Fsp3) is 0.800. The lowest BCUT2D eigenvalue weighted by Crippen LogP contribution is -2.33. The molecule has 0 aliphatic heterocycles. The van der Waals surface area contributed by atoms with Crippen molar-refractivity contribution in [3.8, 4) is 0 Å². The van der Waals surface area contributed by atoms with Gasteiger partial charge in [0.15, 0.2) is 5.13 Å². The molecule has 1 unspecified atom stereocenters. The number of ether oxygens (including phenoxy) is 1. The molecule has 0 aliphatic carbocycles. The van der Waals surface area contributed by atoms with Crippen molar-refractivity contribution < 1.29 is 4.74 Å². The third-order valence-corrected chi connectivity index (χ3v) is 5.46. The van der Waals surface area contributed by atoms with Crippen LogP contribution in [0.4, 0.5) is 5.13 Å². The van der Waals surface area contributed by atoms with Crippen LogP contribution in [0.3, 0.4) is 0 Å². The Bertz CT molecular complexity index is 398. The third-order valence-electron chi connectivity index (χ3n) is 3.55. The SMILES string of the molecule is CCc1nc(N(C)C(CC)CSC)sc1CNCCOC. The topological polar surface area (TPSA) is 37.4 Å². The highest BCUT2D eigenvalue weighted by atomic mass is 32.2. The van der Waals surface area contributed by atoms with Gasteiger partial charge >= 0.3 is 0 Å². The normalized spacial score (nSPS) is 12.6. The van der Waals surface area contributed by atoms with Crippen molar-refractivity contribution in [3.05, 3.63) is 10.6 Å². The minimum absolute atomic E-state index is 0.560. The summed E-state index contributed by atoms with van der Waals surface area (Å²) in [6, 6.07) is 0.560. The van der Waals surface area contributed by atoms with Gasteiger partial charge in [0, 0.05) is 43.9 Å². The maximum atomic E-state index is 5.07. The maximum Gasteiger partial charge on any atom is 0.185 e. The Balaban J connectivity index is 2.72. The number of methoxy groups -OCH3 is 1. The van der Waals surface area contributed by atoms with E-state index in [1.807, 2.05) is 23.1 Å². The molecule has 4 nitrogen and oxygen atoms in total. The first kappa shape index (κ1) is 18.7. The van der Waals surface area contributed by atoms with Crippen LogP contribution < -0.4 is 10.2 Å². The van der Waals surface area contributed by atoms with Crippen LogP contribution in [0, 0.1) is 0 Å². The summed E-state index contributed by atoms with van der Waals surface area (Å²) in [5.41, 5.74) is 1.23. The largest absolute Gasteiger partial charge is 0.383 e. The number of anilines is 1. The van der Waals surface area contributed by atoms with Gasteiger partial charge in [0.05, 0.1) is 12.3 Å². The fourth-order valence-corrected chi connectivity index (χ4v) is 4.16. The molecule has 6 heteroatoms. The summed E-state index contributed by atoms with van der Waals surface area (Å²) in [6.07, 6.45) is 4.31. The molecule has 21 heavy (non-hydrogen) atoms. The number of nitrogens with one attached hydrogen (secondary N) is 1. The molecule has 1 rings (SSSR count). The molecule has 0 aliphatic rings. The van der Waals surface area contributed by atoms with Crippen molar-refractivity contribution >= 4 is 28.2 Å². The molecule has 0 fully saturated rings. The van der Waals surface area contributed by atoms with Gasteiger partial charge in [0.2, 0.25) is 0 Å². The standard InChI is InChI=1S/C15H29N3OS2/c1-6-12(11-20-5)18(3)15-17-13(7-2)14(21-15)10-16-8-9-19-4/h12,16H,6-11H2,1-5H3. The smallest absolute Gasteiger partial charge is 0.185 e. The predicted octanol–water partition coefficient (Wildman–Crippen LogP) is 3.02. The molecule has 0 saturated carbocycles. The van der Waals surface area contributed by atoms with Crippen molar-refractivity contribution in [2.24, 2.45) is 0 Å². The highest BCUT2D eigenvalue weighted by Gasteiger charge is 2.18. The van der Waals surface area contributed by atoms with E-state index in [4.69, 9.17) is 9.72 Å². The van der Waals surface area contributed by atoms with Gasteiger partial charge in [-0.05, 0) is 19.1 Å². The zero-order valence-electron chi connectivity index (χ0n) is 13.9. The number of rotatable bonds is 11. The molecule has 1 aromatic rings. The molecular formula is C15H29N3OS2. The first-order chi connectivity index (χ1) is 10.2. The number of aryl methyl sites for hydroxylation is 1. The van der Waals surface area contributed by atoms with Crippen LogP contribution in [0.25, 0.3) is 0 Å². The van der Waals surface area contributed by atoms with E-state index in [2.05, 4.69) is 37.4 Å². The van der Waals surface area contributed by atoms with Crippen LogP contribution >= 0.6 is 23.1 Å². The average Bonchev–Trinajstić information content (AvgIpc) is 2.91. The van der Waals surface area contributed by atoms with E-state index < -0.39 is 0 Å². The van der Waals surface area contributed by atoms with Gasteiger partial charge in [0.25, 0.3) is 0 Å². The van der Waals surface area contributed by atoms with Gasteiger partial charge in [-0.3, -0.25) is 0 Å². The minimum atomic E-state index is 0.560. The Kier molecular flexibility index (Phi) is 9.31. The van der Waals surface area contributed by atoms with Gasteiger partial charge < -0.3 is 15.0 Å². The summed E-state index contributed by atoms with van der Waals surface area (Å²) < 4.78 is 5.07. The number of nitrogens with zero attached hydrogens (tertiary/aromatic N) is 2. The minimum Gasteiger partial charge on any atom is -0.383 e. The number of thiazole rings is 1. The van der Waals surface area contributed by atoms with Gasteiger partial charge in [-0.25, -0.2) is 4.98 Å². The molecule has 1 N–H and O–H groups in total. The molecule has 0 amide bonds. The zero-order valence-corrected chi connectivity index (χ0v) is 15.6. The Hall–Kier alpha value is -0.300. The molecule has 0 bridgehead atoms. The molecule has 0 radical (unpaired) electrons. The summed E-state index contributed by atoms with van der Waals surface area (Å²) in [4.78, 5) is 8.54. The van der Waals surface area contributed by atoms with Crippen molar-refractivity contribution in [3.63, 3.8) is 0 Å². The van der Waals surface area contributed by atoms with E-state index in [1.54, 1.807) is 7.11 Å². The molecule has 0 spiro atoms. The van der Waals surface area contributed by atoms with Crippen LogP contribution in [0.15, 0.2) is 0 Å². The van der Waals surface area contributed by atoms with E-state index >= 15 is 0 Å². The Morgan fingerprint density at radius 3 is 2.76 bits per heavy atom. The average molecular weight is 332 g/mol. The zero-order chi connectivity index (χ0) is 15.7. The Morgan fingerprint density at radius 1 is 1.43 bits per heavy atom. The van der Waals surface area contributed by atoms with Crippen LogP contribution in [0.5, 0.6) is 0 Å². The predicted molar refractivity (Wildman–Crippen MR) is 95.9 cm³/mol. The van der Waals surface area contributed by atoms with Gasteiger partial charge in [-0.2, -0.15) is 11.8 Å². The van der Waals surface area contributed by atoms with Crippen molar-refractivity contribution in [2.75, 3.05) is 44.2 Å². The lowest BCUT2D eigenvalue weighted by molar-refractivity contribution is 0.199. The number of thioether (sulfide) groups is 1. The quantitative estimate of drug-likeness (QED) is 0.631. The second-order valence-electron chi connectivity index (χ2n) is 5.02. The first-order valence-corrected chi connectivity index (χ1v) is 9.78. The van der Waals surface area contributed by atoms with E-state index in [1.165, 1.54) is 10.6 Å². The molecule has 1 atom stereocenters. The summed E-state index contributed by atoms with van der Waals surface area (Å²) in [5.74, 6) is 1.15. The van der Waals surface area contributed by atoms with Crippen LogP contribution in [0.1, 0.15) is 30.8 Å². The van der Waals surface area contributed by atoms with Crippen LogP contribution in [-0.4, -0.2) is 50.3 Å². The Labute approximate surface area is 137 Å². The third kappa shape index (κ3) is 5.77. The molecule has 1 aromatic heterocycles. The molecule has 122 valence electrons. The Morgan fingerprint density at radius 2 is 2.19 bits per heavy atom. The van der Waals surface area contributed by atoms with E-state index in [0.717, 1.165) is 43.4 Å². The lowest BCUT2D eigenvalue weighted by Gasteiger charge is -2.26. The molecular weight excluding hydrogens is 302 g/mol.